The van der Waals surface area contributed by atoms with Gasteiger partial charge in [-0.1, -0.05) is 148 Å². The van der Waals surface area contributed by atoms with E-state index in [9.17, 15) is 0 Å². The van der Waals surface area contributed by atoms with Crippen molar-refractivity contribution in [2.45, 2.75) is 32.2 Å². The molecule has 0 amide bonds. The fourth-order valence-electron chi connectivity index (χ4n) is 7.63. The third-order valence-electron chi connectivity index (χ3n) is 9.66. The summed E-state index contributed by atoms with van der Waals surface area (Å²) < 4.78 is 2.45. The van der Waals surface area contributed by atoms with Gasteiger partial charge in [-0.05, 0) is 63.2 Å². The van der Waals surface area contributed by atoms with E-state index in [2.05, 4.69) is 170 Å². The van der Waals surface area contributed by atoms with Crippen molar-refractivity contribution in [2.75, 3.05) is 0 Å². The average molecular weight is 581 g/mol. The summed E-state index contributed by atoms with van der Waals surface area (Å²) in [7, 11) is 0. The van der Waals surface area contributed by atoms with Crippen molar-refractivity contribution in [3.63, 3.8) is 0 Å². The minimum atomic E-state index is -0.201. The molecule has 2 heterocycles. The summed E-state index contributed by atoms with van der Waals surface area (Å²) in [5.41, 5.74) is 11.1. The zero-order valence-corrected chi connectivity index (χ0v) is 26.0. The van der Waals surface area contributed by atoms with Gasteiger partial charge in [-0.25, -0.2) is 0 Å². The highest BCUT2D eigenvalue weighted by molar-refractivity contribution is 6.18. The van der Waals surface area contributed by atoms with Crippen LogP contribution in [0.2, 0.25) is 0 Å². The molecule has 0 bridgehead atoms. The predicted octanol–water partition coefficient (Wildman–Crippen LogP) is 9.09. The molecule has 2 aliphatic rings. The number of fused-ring (bicyclic) bond motifs is 8. The minimum Gasteiger partial charge on any atom is -0.374 e. The van der Waals surface area contributed by atoms with E-state index in [-0.39, 0.29) is 11.5 Å². The highest BCUT2D eigenvalue weighted by atomic mass is 15.0. The van der Waals surface area contributed by atoms with E-state index in [0.29, 0.717) is 0 Å². The van der Waals surface area contributed by atoms with Crippen molar-refractivity contribution < 1.29 is 0 Å². The molecule has 0 saturated heterocycles. The molecule has 218 valence electrons. The van der Waals surface area contributed by atoms with Gasteiger partial charge in [0.25, 0.3) is 0 Å². The number of nitrogens with zero attached hydrogens (tertiary/aromatic N) is 1. The van der Waals surface area contributed by atoms with E-state index in [0.717, 1.165) is 22.3 Å². The molecule has 5 aromatic carbocycles. The topological polar surface area (TPSA) is 17.0 Å². The Morgan fingerprint density at radius 1 is 0.800 bits per heavy atom. The Kier molecular flexibility index (Phi) is 6.28. The zero-order valence-electron chi connectivity index (χ0n) is 26.0. The van der Waals surface area contributed by atoms with Gasteiger partial charge in [-0.2, -0.15) is 0 Å². The van der Waals surface area contributed by atoms with Gasteiger partial charge in [0.15, 0.2) is 0 Å². The Morgan fingerprint density at radius 2 is 1.47 bits per heavy atom. The van der Waals surface area contributed by atoms with E-state index < -0.39 is 0 Å². The molecule has 1 N–H and O–H groups in total. The maximum atomic E-state index is 4.82. The molecule has 45 heavy (non-hydrogen) atoms. The Labute approximate surface area is 264 Å². The van der Waals surface area contributed by atoms with Crippen LogP contribution in [0.3, 0.4) is 0 Å². The molecule has 1 aliphatic heterocycles. The van der Waals surface area contributed by atoms with Crippen molar-refractivity contribution in [3.05, 3.63) is 166 Å². The molecule has 1 atom stereocenters. The van der Waals surface area contributed by atoms with Crippen LogP contribution in [0.5, 0.6) is 0 Å². The van der Waals surface area contributed by atoms with Crippen molar-refractivity contribution in [3.8, 4) is 11.1 Å². The zero-order chi connectivity index (χ0) is 30.7. The van der Waals surface area contributed by atoms with E-state index in [1.807, 2.05) is 0 Å². The Balaban J connectivity index is 1.55. The van der Waals surface area contributed by atoms with Gasteiger partial charge < -0.3 is 9.88 Å². The third kappa shape index (κ3) is 4.09. The number of hydrogen-bond acceptors (Lipinski definition) is 1. The van der Waals surface area contributed by atoms with E-state index in [1.54, 1.807) is 0 Å². The van der Waals surface area contributed by atoms with Gasteiger partial charge in [0.2, 0.25) is 0 Å². The Bertz CT molecular complexity index is 2330. The lowest BCUT2D eigenvalue weighted by atomic mass is 9.80. The second-order valence-electron chi connectivity index (χ2n) is 12.6. The van der Waals surface area contributed by atoms with E-state index >= 15 is 0 Å². The van der Waals surface area contributed by atoms with E-state index in [4.69, 9.17) is 6.58 Å². The van der Waals surface area contributed by atoms with Crippen LogP contribution in [-0.4, -0.2) is 4.57 Å². The fourth-order valence-corrected chi connectivity index (χ4v) is 7.63. The summed E-state index contributed by atoms with van der Waals surface area (Å²) in [6, 6.07) is 39.3. The maximum Gasteiger partial charge on any atom is 0.0721 e. The van der Waals surface area contributed by atoms with Crippen molar-refractivity contribution in [1.82, 2.24) is 9.88 Å². The van der Waals surface area contributed by atoms with Gasteiger partial charge in [-0.15, -0.1) is 0 Å². The summed E-state index contributed by atoms with van der Waals surface area (Å²) >= 11 is 0. The molecule has 0 fully saturated rings. The van der Waals surface area contributed by atoms with Crippen LogP contribution in [0.4, 0.5) is 0 Å². The molecule has 1 aliphatic carbocycles. The highest BCUT2D eigenvalue weighted by Gasteiger charge is 2.40. The number of allylic oxidation sites excluding steroid dienone is 4. The summed E-state index contributed by atoms with van der Waals surface area (Å²) in [6.07, 6.45) is 11.2. The second kappa shape index (κ2) is 10.4. The van der Waals surface area contributed by atoms with E-state index in [1.165, 1.54) is 54.7 Å². The molecule has 1 unspecified atom stereocenters. The first-order chi connectivity index (χ1) is 22.0. The summed E-state index contributed by atoms with van der Waals surface area (Å²) in [5.74, 6) is 0. The lowest BCUT2D eigenvalue weighted by Crippen LogP contribution is -2.30. The minimum absolute atomic E-state index is 0.0000596. The van der Waals surface area contributed by atoms with Gasteiger partial charge >= 0.3 is 0 Å². The van der Waals surface area contributed by atoms with Crippen LogP contribution in [0.1, 0.15) is 49.1 Å². The van der Waals surface area contributed by atoms with Crippen LogP contribution in [0, 0.1) is 0 Å². The normalized spacial score (nSPS) is 17.3. The average Bonchev–Trinajstić information content (AvgIpc) is 3.51. The Morgan fingerprint density at radius 3 is 2.22 bits per heavy atom. The first-order valence-corrected chi connectivity index (χ1v) is 15.8. The van der Waals surface area contributed by atoms with Gasteiger partial charge in [0.1, 0.15) is 0 Å². The summed E-state index contributed by atoms with van der Waals surface area (Å²) in [5, 5.41) is 9.83. The fraction of sp³-hybridized carbons (Fsp3) is 0.116. The largest absolute Gasteiger partial charge is 0.374 e. The summed E-state index contributed by atoms with van der Waals surface area (Å²) in [6.45, 7) is 11.7. The lowest BCUT2D eigenvalue weighted by molar-refractivity contribution is 0.664. The van der Waals surface area contributed by atoms with Crippen LogP contribution < -0.4 is 15.9 Å². The van der Waals surface area contributed by atoms with Crippen molar-refractivity contribution in [2.24, 2.45) is 0 Å². The lowest BCUT2D eigenvalue weighted by Gasteiger charge is -2.28. The van der Waals surface area contributed by atoms with Crippen LogP contribution in [0.15, 0.2) is 133 Å². The van der Waals surface area contributed by atoms with Crippen LogP contribution in [0.25, 0.3) is 56.9 Å². The smallest absolute Gasteiger partial charge is 0.0721 e. The van der Waals surface area contributed by atoms with Gasteiger partial charge in [-0.3, -0.25) is 0 Å². The first-order valence-electron chi connectivity index (χ1n) is 15.8. The number of hydrogen-bond donors (Lipinski definition) is 1. The SMILES string of the molecule is C=c1/c(=C\C=C/C)c2c3ccccc3c3c(c2n1C1=CC(c2ccccc2)NC(c2ccccc2)=C1)C(C)(C)c1ccccc1-3. The molecular weight excluding hydrogens is 544 g/mol. The van der Waals surface area contributed by atoms with Crippen LogP contribution >= 0.6 is 0 Å². The molecular formula is C43H36N2. The molecule has 1 aromatic heterocycles. The highest BCUT2D eigenvalue weighted by Crippen LogP contribution is 2.54. The molecule has 8 rings (SSSR count). The molecule has 2 nitrogen and oxygen atoms in total. The quantitative estimate of drug-likeness (QED) is 0.220. The maximum absolute atomic E-state index is 4.82. The second-order valence-corrected chi connectivity index (χ2v) is 12.6. The van der Waals surface area contributed by atoms with Gasteiger partial charge in [0, 0.05) is 32.8 Å². The van der Waals surface area contributed by atoms with Gasteiger partial charge in [0.05, 0.1) is 11.6 Å². The number of benzene rings is 5. The molecule has 0 spiro atoms. The Hall–Kier alpha value is -5.34. The standard InChI is InChI=1S/C43H36N2/c1-5-6-21-32-28(2)45(31-26-37(29-17-9-7-10-18-29)44-38(27-31)30-19-11-8-12-20-30)42-40(32)34-23-14-13-22-33(34)39-35-24-15-16-25-36(35)43(3,4)41(39)42/h5-27,37,44H,2H2,1,3-4H3/b6-5-,32-21+. The predicted molar refractivity (Wildman–Crippen MR) is 192 cm³/mol. The monoisotopic (exact) mass is 580 g/mol. The number of aromatic nitrogens is 1. The number of dihydropyridines is 1. The number of rotatable bonds is 4. The summed E-state index contributed by atoms with van der Waals surface area (Å²) in [4.78, 5) is 0. The molecule has 0 saturated carbocycles. The third-order valence-corrected chi connectivity index (χ3v) is 9.66. The molecule has 2 heteroatoms. The number of nitrogens with one attached hydrogen (secondary N) is 1. The van der Waals surface area contributed by atoms with Crippen LogP contribution in [-0.2, 0) is 5.41 Å². The molecule has 0 radical (unpaired) electrons. The first kappa shape index (κ1) is 27.2. The van der Waals surface area contributed by atoms with Crippen molar-refractivity contribution >= 4 is 45.7 Å². The molecule has 6 aromatic rings. The van der Waals surface area contributed by atoms with Crippen molar-refractivity contribution in [1.29, 1.82) is 0 Å².